The van der Waals surface area contributed by atoms with Gasteiger partial charge in [-0.25, -0.2) is 4.79 Å². The zero-order valence-electron chi connectivity index (χ0n) is 5.82. The molecule has 0 radical (unpaired) electrons. The molecule has 1 aromatic carbocycles. The van der Waals surface area contributed by atoms with Crippen LogP contribution in [0.4, 0.5) is 0 Å². The van der Waals surface area contributed by atoms with Crippen LogP contribution in [0.1, 0.15) is 10.4 Å². The standard InChI is InChI=1S/C7H5BrO3S/c8-12-4-1-2-5(7(10)11)6(9)3-4/h1-3,9H,(H,10,11). The molecule has 5 heteroatoms. The Morgan fingerprint density at radius 1 is 1.50 bits per heavy atom. The first-order valence-electron chi connectivity index (χ1n) is 3.00. The number of aromatic hydroxyl groups is 1. The fourth-order valence-corrected chi connectivity index (χ4v) is 1.62. The summed E-state index contributed by atoms with van der Waals surface area (Å²) in [6.07, 6.45) is 0. The van der Waals surface area contributed by atoms with E-state index in [2.05, 4.69) is 14.8 Å². The Labute approximate surface area is 80.6 Å². The minimum absolute atomic E-state index is 0.0831. The number of carboxylic acid groups (broad SMARTS) is 1. The van der Waals surface area contributed by atoms with Gasteiger partial charge in [-0.05, 0) is 43.2 Å². The van der Waals surface area contributed by atoms with Crippen LogP contribution in [0, 0.1) is 0 Å². The Morgan fingerprint density at radius 3 is 2.58 bits per heavy atom. The van der Waals surface area contributed by atoms with Gasteiger partial charge >= 0.3 is 5.97 Å². The van der Waals surface area contributed by atoms with Gasteiger partial charge in [-0.2, -0.15) is 0 Å². The molecule has 0 atom stereocenters. The molecule has 0 aliphatic carbocycles. The summed E-state index contributed by atoms with van der Waals surface area (Å²) in [6.45, 7) is 0. The number of hydrogen-bond acceptors (Lipinski definition) is 3. The summed E-state index contributed by atoms with van der Waals surface area (Å²) in [5, 5.41) is 17.7. The predicted molar refractivity (Wildman–Crippen MR) is 49.9 cm³/mol. The Bertz CT molecular complexity index is 314. The van der Waals surface area contributed by atoms with Gasteiger partial charge in [-0.3, -0.25) is 0 Å². The maximum absolute atomic E-state index is 10.4. The molecule has 3 nitrogen and oxygen atoms in total. The van der Waals surface area contributed by atoms with Crippen LogP contribution in [0.25, 0.3) is 0 Å². The van der Waals surface area contributed by atoms with E-state index in [0.29, 0.717) is 0 Å². The van der Waals surface area contributed by atoms with Crippen molar-refractivity contribution in [1.29, 1.82) is 0 Å². The monoisotopic (exact) mass is 248 g/mol. The van der Waals surface area contributed by atoms with Gasteiger partial charge in [-0.15, -0.1) is 0 Å². The SMILES string of the molecule is O=C(O)c1ccc(SBr)cc1O. The molecule has 0 fully saturated rings. The first-order valence-corrected chi connectivity index (χ1v) is 5.66. The smallest absolute Gasteiger partial charge is 0.339 e. The van der Waals surface area contributed by atoms with Crippen LogP contribution in [0.15, 0.2) is 23.1 Å². The summed E-state index contributed by atoms with van der Waals surface area (Å²) in [7, 11) is 1.26. The highest BCUT2D eigenvalue weighted by Crippen LogP contribution is 2.29. The third-order valence-corrected chi connectivity index (χ3v) is 2.84. The summed E-state index contributed by atoms with van der Waals surface area (Å²) in [5.74, 6) is -1.34. The van der Waals surface area contributed by atoms with E-state index in [0.717, 1.165) is 4.90 Å². The van der Waals surface area contributed by atoms with Crippen molar-refractivity contribution in [3.8, 4) is 5.75 Å². The molecule has 0 amide bonds. The number of hydrogen-bond donors (Lipinski definition) is 2. The van der Waals surface area contributed by atoms with E-state index in [1.807, 2.05) is 0 Å². The molecule has 64 valence electrons. The number of carbonyl (C=O) groups is 1. The molecular formula is C7H5BrO3S. The van der Waals surface area contributed by atoms with Gasteiger partial charge in [0.2, 0.25) is 0 Å². The molecule has 2 N–H and O–H groups in total. The Morgan fingerprint density at radius 2 is 2.17 bits per heavy atom. The van der Waals surface area contributed by atoms with Crippen molar-refractivity contribution >= 4 is 31.0 Å². The lowest BCUT2D eigenvalue weighted by Gasteiger charge is -1.99. The molecular weight excluding hydrogens is 244 g/mol. The molecule has 0 saturated carbocycles. The number of halogens is 1. The molecule has 0 aliphatic heterocycles. The molecule has 0 aliphatic rings. The molecule has 12 heavy (non-hydrogen) atoms. The normalized spacial score (nSPS) is 9.75. The van der Waals surface area contributed by atoms with Crippen LogP contribution in [-0.4, -0.2) is 16.2 Å². The van der Waals surface area contributed by atoms with Crippen LogP contribution in [0.3, 0.4) is 0 Å². The van der Waals surface area contributed by atoms with Gasteiger partial charge in [0.05, 0.1) is 0 Å². The van der Waals surface area contributed by atoms with Crippen molar-refractivity contribution in [1.82, 2.24) is 0 Å². The van der Waals surface area contributed by atoms with Crippen LogP contribution in [-0.2, 0) is 0 Å². The van der Waals surface area contributed by atoms with Gasteiger partial charge in [0, 0.05) is 4.90 Å². The van der Waals surface area contributed by atoms with Crippen LogP contribution < -0.4 is 0 Å². The molecule has 0 saturated heterocycles. The number of carboxylic acids is 1. The van der Waals surface area contributed by atoms with Gasteiger partial charge < -0.3 is 10.2 Å². The zero-order chi connectivity index (χ0) is 9.14. The second-order valence-electron chi connectivity index (χ2n) is 2.06. The number of phenols is 1. The largest absolute Gasteiger partial charge is 0.507 e. The van der Waals surface area contributed by atoms with Crippen LogP contribution in [0.5, 0.6) is 5.75 Å². The Hall–Kier alpha value is -0.680. The van der Waals surface area contributed by atoms with Gasteiger partial charge in [-0.1, -0.05) is 0 Å². The summed E-state index contributed by atoms with van der Waals surface area (Å²) >= 11 is 3.11. The summed E-state index contributed by atoms with van der Waals surface area (Å²) in [4.78, 5) is 11.2. The van der Waals surface area contributed by atoms with Crippen molar-refractivity contribution in [2.75, 3.05) is 0 Å². The highest BCUT2D eigenvalue weighted by molar-refractivity contribution is 9.50. The van der Waals surface area contributed by atoms with E-state index in [4.69, 9.17) is 5.11 Å². The molecule has 0 unspecified atom stereocenters. The van der Waals surface area contributed by atoms with Crippen molar-refractivity contribution in [3.63, 3.8) is 0 Å². The maximum Gasteiger partial charge on any atom is 0.339 e. The van der Waals surface area contributed by atoms with Crippen molar-refractivity contribution in [3.05, 3.63) is 23.8 Å². The van der Waals surface area contributed by atoms with Crippen LogP contribution >= 0.6 is 25.0 Å². The molecule has 0 spiro atoms. The second-order valence-corrected chi connectivity index (χ2v) is 3.66. The van der Waals surface area contributed by atoms with Crippen molar-refractivity contribution < 1.29 is 15.0 Å². The lowest BCUT2D eigenvalue weighted by Crippen LogP contribution is -1.95. The van der Waals surface area contributed by atoms with E-state index in [1.54, 1.807) is 6.07 Å². The van der Waals surface area contributed by atoms with Gasteiger partial charge in [0.25, 0.3) is 0 Å². The topological polar surface area (TPSA) is 57.5 Å². The van der Waals surface area contributed by atoms with E-state index >= 15 is 0 Å². The molecule has 0 heterocycles. The lowest BCUT2D eigenvalue weighted by molar-refractivity contribution is 0.0693. The average molecular weight is 249 g/mol. The minimum atomic E-state index is -1.13. The summed E-state index contributed by atoms with van der Waals surface area (Å²) < 4.78 is 0. The lowest BCUT2D eigenvalue weighted by atomic mass is 10.2. The highest BCUT2D eigenvalue weighted by atomic mass is 79.9. The van der Waals surface area contributed by atoms with Gasteiger partial charge in [0.15, 0.2) is 0 Å². The quantitative estimate of drug-likeness (QED) is 0.845. The second kappa shape index (κ2) is 3.82. The number of rotatable bonds is 2. The number of aromatic carboxylic acids is 1. The predicted octanol–water partition coefficient (Wildman–Crippen LogP) is 2.49. The van der Waals surface area contributed by atoms with Gasteiger partial charge in [0.1, 0.15) is 11.3 Å². The fourth-order valence-electron chi connectivity index (χ4n) is 0.740. The third-order valence-electron chi connectivity index (χ3n) is 1.29. The Kier molecular flexibility index (Phi) is 2.99. The summed E-state index contributed by atoms with van der Waals surface area (Å²) in [5.41, 5.74) is -0.0831. The van der Waals surface area contributed by atoms with Crippen molar-refractivity contribution in [2.24, 2.45) is 0 Å². The Balaban J connectivity index is 3.12. The van der Waals surface area contributed by atoms with E-state index in [1.165, 1.54) is 22.3 Å². The summed E-state index contributed by atoms with van der Waals surface area (Å²) in [6, 6.07) is 4.37. The molecule has 0 aromatic heterocycles. The maximum atomic E-state index is 10.4. The van der Waals surface area contributed by atoms with E-state index in [-0.39, 0.29) is 11.3 Å². The van der Waals surface area contributed by atoms with E-state index < -0.39 is 5.97 Å². The molecule has 1 rings (SSSR count). The first kappa shape index (κ1) is 9.41. The first-order chi connectivity index (χ1) is 5.65. The highest BCUT2D eigenvalue weighted by Gasteiger charge is 2.08. The molecule has 1 aromatic rings. The van der Waals surface area contributed by atoms with E-state index in [9.17, 15) is 9.90 Å². The minimum Gasteiger partial charge on any atom is -0.507 e. The number of benzene rings is 1. The average Bonchev–Trinajstić information content (AvgIpc) is 2.03. The third kappa shape index (κ3) is 1.92. The molecule has 0 bridgehead atoms. The fraction of sp³-hybridized carbons (Fsp3) is 0. The van der Waals surface area contributed by atoms with Crippen molar-refractivity contribution in [2.45, 2.75) is 4.90 Å². The zero-order valence-corrected chi connectivity index (χ0v) is 8.22. The van der Waals surface area contributed by atoms with Crippen LogP contribution in [0.2, 0.25) is 0 Å².